The fourth-order valence-electron chi connectivity index (χ4n) is 2.87. The van der Waals surface area contributed by atoms with Gasteiger partial charge in [0.2, 0.25) is 5.91 Å². The van der Waals surface area contributed by atoms with Gasteiger partial charge in [-0.05, 0) is 25.0 Å². The van der Waals surface area contributed by atoms with Gasteiger partial charge in [-0.2, -0.15) is 0 Å². The molecule has 1 heterocycles. The van der Waals surface area contributed by atoms with Crippen molar-refractivity contribution in [1.82, 2.24) is 10.3 Å². The van der Waals surface area contributed by atoms with Crippen molar-refractivity contribution in [3.05, 3.63) is 71.4 Å². The molecule has 0 saturated carbocycles. The molecule has 0 atom stereocenters. The average Bonchev–Trinajstić information content (AvgIpc) is 3.04. The van der Waals surface area contributed by atoms with Gasteiger partial charge in [-0.25, -0.2) is 0 Å². The van der Waals surface area contributed by atoms with Gasteiger partial charge in [-0.1, -0.05) is 48.0 Å². The molecule has 3 aromatic rings. The Morgan fingerprint density at radius 3 is 2.56 bits per heavy atom. The Morgan fingerprint density at radius 2 is 1.76 bits per heavy atom. The topological polar surface area (TPSA) is 62.0 Å². The van der Waals surface area contributed by atoms with Crippen LogP contribution in [0.3, 0.4) is 0 Å². The standard InChI is InChI=1S/C21H22N2O2/c1-15-6-8-16(9-7-15)20(24)10-11-21(25)22-13-12-17-14-23-19-5-3-2-4-18(17)19/h2-9,14,23H,10-13H2,1H3,(H,22,25). The van der Waals surface area contributed by atoms with E-state index < -0.39 is 0 Å². The van der Waals surface area contributed by atoms with E-state index in [1.54, 1.807) is 0 Å². The molecule has 1 amide bonds. The SMILES string of the molecule is Cc1ccc(C(=O)CCC(=O)NCCc2c[nH]c3ccccc23)cc1. The predicted octanol–water partition coefficient (Wildman–Crippen LogP) is 3.80. The first kappa shape index (κ1) is 17.0. The van der Waals surface area contributed by atoms with Gasteiger partial charge in [0.15, 0.2) is 5.78 Å². The number of carbonyl (C=O) groups is 2. The summed E-state index contributed by atoms with van der Waals surface area (Å²) >= 11 is 0. The van der Waals surface area contributed by atoms with E-state index in [0.29, 0.717) is 12.1 Å². The highest BCUT2D eigenvalue weighted by Crippen LogP contribution is 2.17. The minimum Gasteiger partial charge on any atom is -0.361 e. The number of amides is 1. The second-order valence-electron chi connectivity index (χ2n) is 6.25. The van der Waals surface area contributed by atoms with Crippen molar-refractivity contribution in [3.63, 3.8) is 0 Å². The first-order chi connectivity index (χ1) is 12.1. The van der Waals surface area contributed by atoms with Gasteiger partial charge in [0.25, 0.3) is 0 Å². The summed E-state index contributed by atoms with van der Waals surface area (Å²) in [6.07, 6.45) is 3.21. The number of hydrogen-bond acceptors (Lipinski definition) is 2. The molecule has 0 aliphatic carbocycles. The van der Waals surface area contributed by atoms with E-state index in [4.69, 9.17) is 0 Å². The summed E-state index contributed by atoms with van der Waals surface area (Å²) in [4.78, 5) is 27.3. The Morgan fingerprint density at radius 1 is 1.00 bits per heavy atom. The van der Waals surface area contributed by atoms with Crippen LogP contribution >= 0.6 is 0 Å². The van der Waals surface area contributed by atoms with Crippen LogP contribution in [0.4, 0.5) is 0 Å². The largest absolute Gasteiger partial charge is 0.361 e. The third kappa shape index (κ3) is 4.35. The van der Waals surface area contributed by atoms with E-state index in [1.165, 1.54) is 10.9 Å². The van der Waals surface area contributed by atoms with Gasteiger partial charge >= 0.3 is 0 Å². The van der Waals surface area contributed by atoms with Crippen molar-refractivity contribution in [2.45, 2.75) is 26.2 Å². The normalized spacial score (nSPS) is 10.8. The van der Waals surface area contributed by atoms with Crippen molar-refractivity contribution in [1.29, 1.82) is 0 Å². The van der Waals surface area contributed by atoms with Crippen molar-refractivity contribution in [2.75, 3.05) is 6.54 Å². The summed E-state index contributed by atoms with van der Waals surface area (Å²) in [6.45, 7) is 2.55. The number of aromatic amines is 1. The highest BCUT2D eigenvalue weighted by molar-refractivity contribution is 5.98. The molecule has 2 N–H and O–H groups in total. The van der Waals surface area contributed by atoms with E-state index in [9.17, 15) is 9.59 Å². The zero-order valence-electron chi connectivity index (χ0n) is 14.3. The van der Waals surface area contributed by atoms with Crippen LogP contribution in [0.15, 0.2) is 54.7 Å². The minimum absolute atomic E-state index is 0.00628. The van der Waals surface area contributed by atoms with Gasteiger partial charge in [-0.3, -0.25) is 9.59 Å². The summed E-state index contributed by atoms with van der Waals surface area (Å²) in [5.41, 5.74) is 4.07. The lowest BCUT2D eigenvalue weighted by molar-refractivity contribution is -0.121. The summed E-state index contributed by atoms with van der Waals surface area (Å²) in [7, 11) is 0. The molecule has 0 saturated heterocycles. The predicted molar refractivity (Wildman–Crippen MR) is 99.8 cm³/mol. The average molecular weight is 334 g/mol. The number of para-hydroxylation sites is 1. The van der Waals surface area contributed by atoms with Crippen molar-refractivity contribution in [2.24, 2.45) is 0 Å². The number of ketones is 1. The maximum atomic E-state index is 12.1. The van der Waals surface area contributed by atoms with Crippen molar-refractivity contribution >= 4 is 22.6 Å². The third-order valence-corrected chi connectivity index (χ3v) is 4.34. The lowest BCUT2D eigenvalue weighted by Gasteiger charge is -2.05. The van der Waals surface area contributed by atoms with Crippen LogP contribution in [-0.2, 0) is 11.2 Å². The van der Waals surface area contributed by atoms with Crippen LogP contribution in [-0.4, -0.2) is 23.2 Å². The van der Waals surface area contributed by atoms with Gasteiger partial charge < -0.3 is 10.3 Å². The lowest BCUT2D eigenvalue weighted by Crippen LogP contribution is -2.26. The Labute approximate surface area is 147 Å². The van der Waals surface area contributed by atoms with Crippen LogP contribution in [0.25, 0.3) is 10.9 Å². The highest BCUT2D eigenvalue weighted by Gasteiger charge is 2.09. The number of carbonyl (C=O) groups excluding carboxylic acids is 2. The monoisotopic (exact) mass is 334 g/mol. The molecule has 25 heavy (non-hydrogen) atoms. The number of nitrogens with one attached hydrogen (secondary N) is 2. The number of Topliss-reactive ketones (excluding diaryl/α,β-unsaturated/α-hetero) is 1. The minimum atomic E-state index is -0.0831. The smallest absolute Gasteiger partial charge is 0.220 e. The number of aromatic nitrogens is 1. The van der Waals surface area contributed by atoms with Crippen LogP contribution < -0.4 is 5.32 Å². The molecule has 0 aliphatic rings. The number of rotatable bonds is 7. The molecule has 4 heteroatoms. The third-order valence-electron chi connectivity index (χ3n) is 4.34. The van der Waals surface area contributed by atoms with Crippen LogP contribution in [0.5, 0.6) is 0 Å². The fourth-order valence-corrected chi connectivity index (χ4v) is 2.87. The summed E-state index contributed by atoms with van der Waals surface area (Å²) in [5, 5.41) is 4.08. The van der Waals surface area contributed by atoms with Gasteiger partial charge in [0.05, 0.1) is 0 Å². The lowest BCUT2D eigenvalue weighted by atomic mass is 10.0. The number of hydrogen-bond donors (Lipinski definition) is 2. The number of benzene rings is 2. The Hall–Kier alpha value is -2.88. The fraction of sp³-hybridized carbons (Fsp3) is 0.238. The van der Waals surface area contributed by atoms with Crippen molar-refractivity contribution < 1.29 is 9.59 Å². The first-order valence-electron chi connectivity index (χ1n) is 8.55. The van der Waals surface area contributed by atoms with Gasteiger partial charge in [-0.15, -0.1) is 0 Å². The molecule has 0 aliphatic heterocycles. The molecular formula is C21H22N2O2. The molecule has 2 aromatic carbocycles. The summed E-state index contributed by atoms with van der Waals surface area (Å²) in [6, 6.07) is 15.6. The number of H-pyrrole nitrogens is 1. The summed E-state index contributed by atoms with van der Waals surface area (Å²) in [5.74, 6) is -0.0768. The van der Waals surface area contributed by atoms with Crippen LogP contribution in [0.1, 0.15) is 34.3 Å². The molecule has 3 rings (SSSR count). The molecule has 0 fully saturated rings. The molecule has 0 unspecified atom stereocenters. The Bertz CT molecular complexity index is 878. The van der Waals surface area contributed by atoms with Gasteiger partial charge in [0.1, 0.15) is 0 Å². The quantitative estimate of drug-likeness (QED) is 0.646. The van der Waals surface area contributed by atoms with Crippen LogP contribution in [0, 0.1) is 6.92 Å². The number of fused-ring (bicyclic) bond motifs is 1. The maximum absolute atomic E-state index is 12.1. The first-order valence-corrected chi connectivity index (χ1v) is 8.55. The zero-order chi connectivity index (χ0) is 17.6. The van der Waals surface area contributed by atoms with Crippen molar-refractivity contribution in [3.8, 4) is 0 Å². The van der Waals surface area contributed by atoms with E-state index in [1.807, 2.05) is 55.6 Å². The van der Waals surface area contributed by atoms with Gasteiger partial charge in [0, 0.05) is 42.0 Å². The molecule has 1 aromatic heterocycles. The Balaban J connectivity index is 1.44. The second kappa shape index (κ2) is 7.79. The molecule has 4 nitrogen and oxygen atoms in total. The maximum Gasteiger partial charge on any atom is 0.220 e. The van der Waals surface area contributed by atoms with E-state index in [0.717, 1.165) is 17.5 Å². The van der Waals surface area contributed by atoms with E-state index >= 15 is 0 Å². The molecule has 0 spiro atoms. The molecular weight excluding hydrogens is 312 g/mol. The highest BCUT2D eigenvalue weighted by atomic mass is 16.2. The molecule has 0 radical (unpaired) electrons. The number of aryl methyl sites for hydroxylation is 1. The summed E-state index contributed by atoms with van der Waals surface area (Å²) < 4.78 is 0. The van der Waals surface area contributed by atoms with E-state index in [2.05, 4.69) is 16.4 Å². The van der Waals surface area contributed by atoms with E-state index in [-0.39, 0.29) is 24.5 Å². The second-order valence-corrected chi connectivity index (χ2v) is 6.25. The molecule has 128 valence electrons. The van der Waals surface area contributed by atoms with Crippen LogP contribution in [0.2, 0.25) is 0 Å². The molecule has 0 bridgehead atoms. The Kier molecular flexibility index (Phi) is 5.29. The zero-order valence-corrected chi connectivity index (χ0v) is 14.3.